The largest absolute Gasteiger partial charge is 0.336 e. The quantitative estimate of drug-likeness (QED) is 0.171. The van der Waals surface area contributed by atoms with E-state index in [-0.39, 0.29) is 12.0 Å². The minimum Gasteiger partial charge on any atom is -0.336 e. The molecule has 3 aliphatic rings. The Balaban J connectivity index is 1.45. The van der Waals surface area contributed by atoms with E-state index in [1.165, 1.54) is 32.8 Å². The highest BCUT2D eigenvalue weighted by molar-refractivity contribution is 6.26. The number of anilines is 1. The topological polar surface area (TPSA) is 46.8 Å². The monoisotopic (exact) mass is 633 g/mol. The highest BCUT2D eigenvalue weighted by Crippen LogP contribution is 2.54. The van der Waals surface area contributed by atoms with Crippen molar-refractivity contribution in [3.05, 3.63) is 169 Å². The maximum absolute atomic E-state index is 5.29. The fourth-order valence-corrected chi connectivity index (χ4v) is 7.83. The second kappa shape index (κ2) is 11.9. The molecule has 0 fully saturated rings. The Labute approximate surface area is 286 Å². The van der Waals surface area contributed by atoms with E-state index in [9.17, 15) is 0 Å². The zero-order valence-corrected chi connectivity index (χ0v) is 27.4. The Hall–Kier alpha value is -6.07. The molecule has 5 heteroatoms. The molecule has 4 aromatic carbocycles. The van der Waals surface area contributed by atoms with Gasteiger partial charge in [-0.25, -0.2) is 4.98 Å². The van der Waals surface area contributed by atoms with Crippen LogP contribution in [0.4, 0.5) is 5.69 Å². The Morgan fingerprint density at radius 3 is 2.37 bits per heavy atom. The number of fused-ring (bicyclic) bond motifs is 10. The van der Waals surface area contributed by atoms with Crippen molar-refractivity contribution in [3.8, 4) is 17.3 Å². The van der Waals surface area contributed by atoms with Gasteiger partial charge in [0.15, 0.2) is 11.6 Å². The first-order valence-electron chi connectivity index (χ1n) is 17.0. The molecule has 0 radical (unpaired) electrons. The summed E-state index contributed by atoms with van der Waals surface area (Å²) >= 11 is 0. The van der Waals surface area contributed by atoms with Crippen LogP contribution in [0.5, 0.6) is 0 Å². The number of benzene rings is 4. The van der Waals surface area contributed by atoms with Gasteiger partial charge in [0.25, 0.3) is 0 Å². The summed E-state index contributed by atoms with van der Waals surface area (Å²) in [5.74, 6) is 2.14. The van der Waals surface area contributed by atoms with Crippen LogP contribution in [0.25, 0.3) is 55.5 Å². The zero-order chi connectivity index (χ0) is 32.9. The molecule has 0 saturated heterocycles. The molecule has 236 valence electrons. The maximum atomic E-state index is 5.29. The predicted molar refractivity (Wildman–Crippen MR) is 204 cm³/mol. The van der Waals surface area contributed by atoms with E-state index < -0.39 is 0 Å². The maximum Gasteiger partial charge on any atom is 0.238 e. The first kappa shape index (κ1) is 29.1. The van der Waals surface area contributed by atoms with E-state index in [0.717, 1.165) is 40.7 Å². The molecule has 0 saturated carbocycles. The molecule has 0 amide bonds. The number of allylic oxidation sites excluding steroid dienone is 11. The lowest BCUT2D eigenvalue weighted by Gasteiger charge is -2.29. The average molecular weight is 634 g/mol. The summed E-state index contributed by atoms with van der Waals surface area (Å²) in [6, 6.07) is 27.9. The minimum absolute atomic E-state index is 0.125. The first-order chi connectivity index (χ1) is 24.2. The number of hydrogen-bond donors (Lipinski definition) is 0. The number of rotatable bonds is 6. The molecule has 6 aromatic rings. The van der Waals surface area contributed by atoms with Crippen LogP contribution in [0.2, 0.25) is 0 Å². The van der Waals surface area contributed by atoms with E-state index in [2.05, 4.69) is 138 Å². The van der Waals surface area contributed by atoms with E-state index in [1.807, 2.05) is 30.4 Å². The summed E-state index contributed by atoms with van der Waals surface area (Å²) in [5, 5.41) is 4.89. The van der Waals surface area contributed by atoms with Crippen LogP contribution >= 0.6 is 0 Å². The summed E-state index contributed by atoms with van der Waals surface area (Å²) in [4.78, 5) is 18.1. The zero-order valence-electron chi connectivity index (χ0n) is 27.4. The predicted octanol–water partition coefficient (Wildman–Crippen LogP) is 10.6. The van der Waals surface area contributed by atoms with Crippen LogP contribution < -0.4 is 4.90 Å². The third kappa shape index (κ3) is 4.65. The van der Waals surface area contributed by atoms with Crippen LogP contribution in [-0.4, -0.2) is 25.6 Å². The van der Waals surface area contributed by atoms with Crippen molar-refractivity contribution < 1.29 is 0 Å². The van der Waals surface area contributed by atoms with Crippen molar-refractivity contribution >= 4 is 43.8 Å². The van der Waals surface area contributed by atoms with Crippen molar-refractivity contribution in [2.24, 2.45) is 0 Å². The molecule has 5 nitrogen and oxygen atoms in total. The lowest BCUT2D eigenvalue weighted by molar-refractivity contribution is 0.725. The smallest absolute Gasteiger partial charge is 0.238 e. The normalized spacial score (nSPS) is 18.5. The van der Waals surface area contributed by atoms with Gasteiger partial charge in [0.1, 0.15) is 0 Å². The lowest BCUT2D eigenvalue weighted by atomic mass is 9.87. The third-order valence-electron chi connectivity index (χ3n) is 9.89. The molecule has 1 aliphatic heterocycles. The number of para-hydroxylation sites is 1. The molecule has 3 heterocycles. The van der Waals surface area contributed by atoms with E-state index in [4.69, 9.17) is 15.0 Å². The summed E-state index contributed by atoms with van der Waals surface area (Å²) in [5.41, 5.74) is 7.83. The minimum atomic E-state index is 0.125. The van der Waals surface area contributed by atoms with Crippen molar-refractivity contribution in [2.45, 2.75) is 31.7 Å². The van der Waals surface area contributed by atoms with Crippen LogP contribution in [-0.2, 0) is 0 Å². The number of aromatic nitrogens is 4. The van der Waals surface area contributed by atoms with Crippen molar-refractivity contribution in [1.29, 1.82) is 0 Å². The van der Waals surface area contributed by atoms with E-state index in [1.54, 1.807) is 0 Å². The van der Waals surface area contributed by atoms with Crippen molar-refractivity contribution in [1.82, 2.24) is 19.5 Å². The lowest BCUT2D eigenvalue weighted by Crippen LogP contribution is -2.31. The van der Waals surface area contributed by atoms with Crippen LogP contribution in [0.15, 0.2) is 158 Å². The molecule has 0 spiro atoms. The van der Waals surface area contributed by atoms with Gasteiger partial charge in [0.2, 0.25) is 5.95 Å². The summed E-state index contributed by atoms with van der Waals surface area (Å²) < 4.78 is 2.30. The molecular weight excluding hydrogens is 599 g/mol. The standard InChI is InChI=1S/C44H35N5/c1-3-4-7-18-29(2)48-36-27-16-14-25-34(36)38-32-23-12-13-24-33(32)39-35-26-15-17-28-37(35)49(41(39)40(38)48)44-46-42(30-19-8-5-9-20-30)45-43(47-44)31-21-10-6-11-22-31/h3-5,7-10,12-28,34,36H,1,6,11H2,2H3/b7-4-,29-18+. The fourth-order valence-electron chi connectivity index (χ4n) is 7.83. The van der Waals surface area contributed by atoms with Crippen molar-refractivity contribution in [3.63, 3.8) is 0 Å². The molecule has 2 aromatic heterocycles. The van der Waals surface area contributed by atoms with Gasteiger partial charge >= 0.3 is 0 Å². The third-order valence-corrected chi connectivity index (χ3v) is 9.89. The number of hydrogen-bond acceptors (Lipinski definition) is 4. The van der Waals surface area contributed by atoms with Gasteiger partial charge in [0, 0.05) is 33.5 Å². The van der Waals surface area contributed by atoms with Gasteiger partial charge in [-0.1, -0.05) is 140 Å². The van der Waals surface area contributed by atoms with Gasteiger partial charge in [-0.3, -0.25) is 4.57 Å². The Bertz CT molecular complexity index is 2490. The Kier molecular flexibility index (Phi) is 7.05. The summed E-state index contributed by atoms with van der Waals surface area (Å²) in [7, 11) is 0. The molecule has 2 aliphatic carbocycles. The first-order valence-corrected chi connectivity index (χ1v) is 17.0. The fraction of sp³-hybridized carbons (Fsp3) is 0.114. The molecule has 9 rings (SSSR count). The average Bonchev–Trinajstić information content (AvgIpc) is 3.70. The second-order valence-corrected chi connectivity index (χ2v) is 12.8. The van der Waals surface area contributed by atoms with Gasteiger partial charge < -0.3 is 4.90 Å². The van der Waals surface area contributed by atoms with Gasteiger partial charge in [-0.05, 0) is 48.2 Å². The summed E-state index contributed by atoms with van der Waals surface area (Å²) in [6.45, 7) is 6.09. The SMILES string of the molecule is C=C/C=C\C=C(/C)N1c2c(c3ccccc3c3c4ccccc4n(-c4nc(C5=CCCC=C5)nc(-c5ccccc5)n4)c23)C2C=CC=CC21. The molecule has 49 heavy (non-hydrogen) atoms. The summed E-state index contributed by atoms with van der Waals surface area (Å²) in [6.07, 6.45) is 25.7. The molecular formula is C44H35N5. The highest BCUT2D eigenvalue weighted by atomic mass is 15.2. The highest BCUT2D eigenvalue weighted by Gasteiger charge is 2.41. The Morgan fingerprint density at radius 2 is 1.55 bits per heavy atom. The van der Waals surface area contributed by atoms with E-state index >= 15 is 0 Å². The van der Waals surface area contributed by atoms with Crippen molar-refractivity contribution in [2.75, 3.05) is 4.90 Å². The van der Waals surface area contributed by atoms with Gasteiger partial charge in [0.05, 0.1) is 22.8 Å². The van der Waals surface area contributed by atoms with Gasteiger partial charge in [-0.2, -0.15) is 9.97 Å². The van der Waals surface area contributed by atoms with Crippen LogP contribution in [0, 0.1) is 0 Å². The second-order valence-electron chi connectivity index (χ2n) is 12.8. The molecule has 0 N–H and O–H groups in total. The molecule has 0 bridgehead atoms. The van der Waals surface area contributed by atoms with Gasteiger partial charge in [-0.15, -0.1) is 0 Å². The Morgan fingerprint density at radius 1 is 0.796 bits per heavy atom. The number of nitrogens with zero attached hydrogens (tertiary/aromatic N) is 5. The molecule has 2 atom stereocenters. The van der Waals surface area contributed by atoms with Crippen LogP contribution in [0.3, 0.4) is 0 Å². The van der Waals surface area contributed by atoms with E-state index in [0.29, 0.717) is 17.6 Å². The van der Waals surface area contributed by atoms with Crippen LogP contribution in [0.1, 0.15) is 37.1 Å². The molecule has 2 unspecified atom stereocenters.